The van der Waals surface area contributed by atoms with Crippen LogP contribution in [0.25, 0.3) is 0 Å². The first kappa shape index (κ1) is 12.4. The fourth-order valence-corrected chi connectivity index (χ4v) is 3.22. The summed E-state index contributed by atoms with van der Waals surface area (Å²) in [6.45, 7) is 0. The molecule has 0 saturated carbocycles. The molecule has 0 spiro atoms. The highest BCUT2D eigenvalue weighted by atomic mass is 35.5. The van der Waals surface area contributed by atoms with Crippen LogP contribution >= 0.6 is 34.7 Å². The standard InChI is InChI=1S/C11H8ClNO2S2/c12-9-2-1-8(17-9)6-16-10-5-7(11(14)15)3-4-13-10/h1-5H,6H2,(H,14,15). The van der Waals surface area contributed by atoms with Crippen molar-refractivity contribution in [3.05, 3.63) is 45.2 Å². The lowest BCUT2D eigenvalue weighted by molar-refractivity contribution is 0.0696. The van der Waals surface area contributed by atoms with E-state index in [9.17, 15) is 4.79 Å². The zero-order chi connectivity index (χ0) is 12.3. The van der Waals surface area contributed by atoms with Gasteiger partial charge in [-0.2, -0.15) is 0 Å². The first-order valence-corrected chi connectivity index (χ1v) is 6.89. The molecule has 2 rings (SSSR count). The normalized spacial score (nSPS) is 10.4. The number of pyridine rings is 1. The average molecular weight is 286 g/mol. The third-order valence-corrected chi connectivity index (χ3v) is 4.36. The molecule has 17 heavy (non-hydrogen) atoms. The van der Waals surface area contributed by atoms with Gasteiger partial charge in [0.25, 0.3) is 0 Å². The maximum atomic E-state index is 10.8. The van der Waals surface area contributed by atoms with E-state index in [4.69, 9.17) is 16.7 Å². The van der Waals surface area contributed by atoms with Crippen molar-refractivity contribution < 1.29 is 9.90 Å². The van der Waals surface area contributed by atoms with Crippen molar-refractivity contribution in [2.45, 2.75) is 10.8 Å². The summed E-state index contributed by atoms with van der Waals surface area (Å²) in [5.41, 5.74) is 0.256. The van der Waals surface area contributed by atoms with Gasteiger partial charge in [0, 0.05) is 16.8 Å². The van der Waals surface area contributed by atoms with Crippen molar-refractivity contribution >= 4 is 40.7 Å². The Hall–Kier alpha value is -1.04. The first-order chi connectivity index (χ1) is 8.15. The molecule has 2 aromatic rings. The Morgan fingerprint density at radius 3 is 2.94 bits per heavy atom. The van der Waals surface area contributed by atoms with E-state index in [2.05, 4.69) is 4.98 Å². The third-order valence-electron chi connectivity index (χ3n) is 1.97. The predicted octanol–water partition coefficient (Wildman–Crippen LogP) is 3.79. The molecule has 0 aliphatic carbocycles. The van der Waals surface area contributed by atoms with E-state index in [1.165, 1.54) is 35.4 Å². The molecule has 0 bridgehead atoms. The number of aromatic carboxylic acids is 1. The summed E-state index contributed by atoms with van der Waals surface area (Å²) in [6.07, 6.45) is 1.51. The fourth-order valence-electron chi connectivity index (χ4n) is 1.20. The minimum Gasteiger partial charge on any atom is -0.478 e. The fraction of sp³-hybridized carbons (Fsp3) is 0.0909. The Bertz CT molecular complexity index is 542. The molecule has 0 saturated heterocycles. The predicted molar refractivity (Wildman–Crippen MR) is 70.1 cm³/mol. The Morgan fingerprint density at radius 1 is 1.47 bits per heavy atom. The number of carboxylic acid groups (broad SMARTS) is 1. The monoisotopic (exact) mass is 285 g/mol. The van der Waals surface area contributed by atoms with E-state index < -0.39 is 5.97 Å². The van der Waals surface area contributed by atoms with Crippen LogP contribution in [0.1, 0.15) is 15.2 Å². The molecule has 3 nitrogen and oxygen atoms in total. The minimum atomic E-state index is -0.937. The molecule has 0 radical (unpaired) electrons. The summed E-state index contributed by atoms with van der Waals surface area (Å²) in [7, 11) is 0. The molecule has 0 fully saturated rings. The van der Waals surface area contributed by atoms with Crippen molar-refractivity contribution in [2.24, 2.45) is 0 Å². The van der Waals surface area contributed by atoms with Crippen LogP contribution in [0.3, 0.4) is 0 Å². The molecule has 0 atom stereocenters. The molecule has 0 aliphatic heterocycles. The zero-order valence-electron chi connectivity index (χ0n) is 8.59. The Morgan fingerprint density at radius 2 is 2.29 bits per heavy atom. The van der Waals surface area contributed by atoms with Gasteiger partial charge in [0.05, 0.1) is 14.9 Å². The molecule has 88 valence electrons. The van der Waals surface area contributed by atoms with Gasteiger partial charge in [-0.3, -0.25) is 0 Å². The van der Waals surface area contributed by atoms with E-state index in [1.54, 1.807) is 6.07 Å². The summed E-state index contributed by atoms with van der Waals surface area (Å²) >= 11 is 8.84. The molecule has 2 aromatic heterocycles. The molecule has 0 aromatic carbocycles. The van der Waals surface area contributed by atoms with Gasteiger partial charge in [-0.1, -0.05) is 11.6 Å². The molecule has 2 heterocycles. The highest BCUT2D eigenvalue weighted by Gasteiger charge is 2.05. The summed E-state index contributed by atoms with van der Waals surface area (Å²) in [5, 5.41) is 9.55. The number of thiophene rings is 1. The van der Waals surface area contributed by atoms with Crippen LogP contribution in [0, 0.1) is 0 Å². The topological polar surface area (TPSA) is 50.2 Å². The Kier molecular flexibility index (Phi) is 4.04. The van der Waals surface area contributed by atoms with Crippen LogP contribution in [0.5, 0.6) is 0 Å². The van der Waals surface area contributed by atoms with E-state index in [1.807, 2.05) is 12.1 Å². The number of carboxylic acids is 1. The van der Waals surface area contributed by atoms with Crippen LogP contribution in [-0.4, -0.2) is 16.1 Å². The van der Waals surface area contributed by atoms with Crippen molar-refractivity contribution in [3.63, 3.8) is 0 Å². The maximum absolute atomic E-state index is 10.8. The first-order valence-electron chi connectivity index (χ1n) is 4.71. The van der Waals surface area contributed by atoms with Crippen LogP contribution in [0.15, 0.2) is 35.5 Å². The summed E-state index contributed by atoms with van der Waals surface area (Å²) in [5.74, 6) is -0.193. The second kappa shape index (κ2) is 5.53. The maximum Gasteiger partial charge on any atom is 0.335 e. The second-order valence-corrected chi connectivity index (χ2v) is 5.98. The highest BCUT2D eigenvalue weighted by Crippen LogP contribution is 2.28. The molecule has 0 amide bonds. The summed E-state index contributed by atoms with van der Waals surface area (Å²) < 4.78 is 0.757. The summed E-state index contributed by atoms with van der Waals surface area (Å²) in [6, 6.07) is 6.86. The van der Waals surface area contributed by atoms with Crippen molar-refractivity contribution in [1.82, 2.24) is 4.98 Å². The smallest absolute Gasteiger partial charge is 0.335 e. The molecule has 1 N–H and O–H groups in total. The lowest BCUT2D eigenvalue weighted by Gasteiger charge is -2.00. The number of aromatic nitrogens is 1. The van der Waals surface area contributed by atoms with Gasteiger partial charge >= 0.3 is 5.97 Å². The largest absolute Gasteiger partial charge is 0.478 e. The Labute approximate surface area is 111 Å². The number of thioether (sulfide) groups is 1. The lowest BCUT2D eigenvalue weighted by atomic mass is 10.3. The van der Waals surface area contributed by atoms with Crippen LogP contribution < -0.4 is 0 Å². The van der Waals surface area contributed by atoms with E-state index in [0.717, 1.165) is 15.0 Å². The van der Waals surface area contributed by atoms with Crippen LogP contribution in [-0.2, 0) is 5.75 Å². The number of rotatable bonds is 4. The van der Waals surface area contributed by atoms with Crippen molar-refractivity contribution in [3.8, 4) is 0 Å². The number of hydrogen-bond donors (Lipinski definition) is 1. The molecular formula is C11H8ClNO2S2. The van der Waals surface area contributed by atoms with Gasteiger partial charge in [0.15, 0.2) is 0 Å². The number of nitrogens with zero attached hydrogens (tertiary/aromatic N) is 1. The van der Waals surface area contributed by atoms with Gasteiger partial charge in [-0.15, -0.1) is 23.1 Å². The SMILES string of the molecule is O=C(O)c1ccnc(SCc2ccc(Cl)s2)c1. The Balaban J connectivity index is 2.04. The van der Waals surface area contributed by atoms with E-state index in [-0.39, 0.29) is 5.56 Å². The van der Waals surface area contributed by atoms with Crippen molar-refractivity contribution in [1.29, 1.82) is 0 Å². The molecule has 6 heteroatoms. The van der Waals surface area contributed by atoms with Gasteiger partial charge in [-0.05, 0) is 24.3 Å². The summed E-state index contributed by atoms with van der Waals surface area (Å²) in [4.78, 5) is 16.0. The lowest BCUT2D eigenvalue weighted by Crippen LogP contribution is -1.96. The average Bonchev–Trinajstić information content (AvgIpc) is 2.73. The van der Waals surface area contributed by atoms with Gasteiger partial charge in [0.2, 0.25) is 0 Å². The quantitative estimate of drug-likeness (QED) is 0.869. The van der Waals surface area contributed by atoms with Crippen LogP contribution in [0.4, 0.5) is 0 Å². The zero-order valence-corrected chi connectivity index (χ0v) is 11.0. The van der Waals surface area contributed by atoms with Crippen LogP contribution in [0.2, 0.25) is 4.34 Å². The number of halogens is 1. The molecule has 0 aliphatic rings. The molecule has 0 unspecified atom stereocenters. The molecular weight excluding hydrogens is 278 g/mol. The number of hydrogen-bond acceptors (Lipinski definition) is 4. The van der Waals surface area contributed by atoms with Gasteiger partial charge < -0.3 is 5.11 Å². The van der Waals surface area contributed by atoms with Gasteiger partial charge in [-0.25, -0.2) is 9.78 Å². The third kappa shape index (κ3) is 3.46. The van der Waals surface area contributed by atoms with Crippen molar-refractivity contribution in [2.75, 3.05) is 0 Å². The van der Waals surface area contributed by atoms with Gasteiger partial charge in [0.1, 0.15) is 0 Å². The second-order valence-electron chi connectivity index (χ2n) is 3.18. The van der Waals surface area contributed by atoms with E-state index >= 15 is 0 Å². The minimum absolute atomic E-state index is 0.256. The highest BCUT2D eigenvalue weighted by molar-refractivity contribution is 7.98. The number of carbonyl (C=O) groups is 1. The van der Waals surface area contributed by atoms with E-state index in [0.29, 0.717) is 5.03 Å².